The van der Waals surface area contributed by atoms with E-state index in [2.05, 4.69) is 29.1 Å². The van der Waals surface area contributed by atoms with Crippen molar-refractivity contribution in [2.45, 2.75) is 32.7 Å². The summed E-state index contributed by atoms with van der Waals surface area (Å²) in [5.41, 5.74) is 7.34. The number of nitrogens with zero attached hydrogens (tertiary/aromatic N) is 1. The highest BCUT2D eigenvalue weighted by Crippen LogP contribution is 2.22. The van der Waals surface area contributed by atoms with Gasteiger partial charge in [-0.25, -0.2) is 4.98 Å². The third-order valence-electron chi connectivity index (χ3n) is 3.29. The van der Waals surface area contributed by atoms with Crippen molar-refractivity contribution < 1.29 is 4.79 Å². The number of fused-ring (bicyclic) bond motifs is 1. The van der Waals surface area contributed by atoms with Crippen LogP contribution in [0, 0.1) is 5.92 Å². The quantitative estimate of drug-likeness (QED) is 0.751. The lowest BCUT2D eigenvalue weighted by Gasteiger charge is -2.20. The van der Waals surface area contributed by atoms with E-state index < -0.39 is 0 Å². The summed E-state index contributed by atoms with van der Waals surface area (Å²) >= 11 is 0. The number of nitrogens with one attached hydrogen (secondary N) is 2. The van der Waals surface area contributed by atoms with Crippen molar-refractivity contribution in [2.24, 2.45) is 11.7 Å². The molecular formula is C15H24Cl2N4O. The van der Waals surface area contributed by atoms with Crippen molar-refractivity contribution in [2.75, 3.05) is 6.54 Å². The fourth-order valence-corrected chi connectivity index (χ4v) is 2.18. The fourth-order valence-electron chi connectivity index (χ4n) is 2.18. The minimum absolute atomic E-state index is 0. The van der Waals surface area contributed by atoms with E-state index in [9.17, 15) is 4.79 Å². The first-order chi connectivity index (χ1) is 9.61. The van der Waals surface area contributed by atoms with Crippen LogP contribution in [0.1, 0.15) is 38.6 Å². The number of imidazole rings is 1. The number of carbonyl (C=O) groups excluding carboxylic acids is 1. The first-order valence-corrected chi connectivity index (χ1v) is 7.06. The summed E-state index contributed by atoms with van der Waals surface area (Å²) in [6.45, 7) is 4.67. The maximum absolute atomic E-state index is 11.9. The summed E-state index contributed by atoms with van der Waals surface area (Å²) in [7, 11) is 0. The average molecular weight is 347 g/mol. The molecule has 1 aromatic carbocycles. The minimum atomic E-state index is -0.104. The number of halogens is 2. The third-order valence-corrected chi connectivity index (χ3v) is 3.29. The molecule has 1 unspecified atom stereocenters. The highest BCUT2D eigenvalue weighted by atomic mass is 35.5. The molecule has 2 aromatic rings. The first-order valence-electron chi connectivity index (χ1n) is 7.06. The van der Waals surface area contributed by atoms with Gasteiger partial charge in [0.1, 0.15) is 5.82 Å². The van der Waals surface area contributed by atoms with Crippen LogP contribution in [-0.2, 0) is 4.79 Å². The van der Waals surface area contributed by atoms with E-state index in [0.717, 1.165) is 16.9 Å². The van der Waals surface area contributed by atoms with Crippen LogP contribution in [0.3, 0.4) is 0 Å². The molecule has 0 fully saturated rings. The second-order valence-corrected chi connectivity index (χ2v) is 5.32. The van der Waals surface area contributed by atoms with E-state index in [0.29, 0.717) is 19.4 Å². The van der Waals surface area contributed by atoms with Crippen molar-refractivity contribution in [1.29, 1.82) is 0 Å². The second-order valence-electron chi connectivity index (χ2n) is 5.32. The van der Waals surface area contributed by atoms with Gasteiger partial charge in [0.15, 0.2) is 0 Å². The summed E-state index contributed by atoms with van der Waals surface area (Å²) in [6.07, 6.45) is 1.16. The number of amides is 1. The lowest BCUT2D eigenvalue weighted by atomic mass is 10.0. The van der Waals surface area contributed by atoms with Gasteiger partial charge in [0.2, 0.25) is 5.91 Å². The van der Waals surface area contributed by atoms with Crippen LogP contribution >= 0.6 is 24.8 Å². The highest BCUT2D eigenvalue weighted by molar-refractivity contribution is 5.85. The zero-order chi connectivity index (χ0) is 14.5. The van der Waals surface area contributed by atoms with Crippen LogP contribution in [0.25, 0.3) is 11.0 Å². The Labute approximate surface area is 143 Å². The van der Waals surface area contributed by atoms with E-state index in [1.807, 2.05) is 24.3 Å². The Morgan fingerprint density at radius 3 is 2.59 bits per heavy atom. The van der Waals surface area contributed by atoms with Gasteiger partial charge in [-0.1, -0.05) is 26.0 Å². The van der Waals surface area contributed by atoms with Crippen LogP contribution in [0.2, 0.25) is 0 Å². The number of hydrogen-bond acceptors (Lipinski definition) is 3. The Kier molecular flexibility index (Phi) is 9.09. The summed E-state index contributed by atoms with van der Waals surface area (Å²) < 4.78 is 0. The number of hydrogen-bond donors (Lipinski definition) is 3. The van der Waals surface area contributed by atoms with Gasteiger partial charge in [0, 0.05) is 6.42 Å². The monoisotopic (exact) mass is 346 g/mol. The van der Waals surface area contributed by atoms with Crippen molar-refractivity contribution in [3.63, 3.8) is 0 Å². The molecule has 0 radical (unpaired) electrons. The topological polar surface area (TPSA) is 83.8 Å². The zero-order valence-corrected chi connectivity index (χ0v) is 14.5. The van der Waals surface area contributed by atoms with E-state index >= 15 is 0 Å². The molecule has 5 nitrogen and oxygen atoms in total. The number of aromatic nitrogens is 2. The fraction of sp³-hybridized carbons (Fsp3) is 0.467. The number of aromatic amines is 1. The van der Waals surface area contributed by atoms with Gasteiger partial charge >= 0.3 is 0 Å². The number of benzene rings is 1. The maximum atomic E-state index is 11.9. The van der Waals surface area contributed by atoms with Crippen LogP contribution < -0.4 is 11.1 Å². The molecule has 124 valence electrons. The van der Waals surface area contributed by atoms with Gasteiger partial charge in [0.25, 0.3) is 0 Å². The molecule has 1 aromatic heterocycles. The molecule has 7 heteroatoms. The summed E-state index contributed by atoms with van der Waals surface area (Å²) in [5.74, 6) is 1.09. The molecule has 1 heterocycles. The van der Waals surface area contributed by atoms with Crippen molar-refractivity contribution >= 4 is 41.8 Å². The van der Waals surface area contributed by atoms with Crippen molar-refractivity contribution in [3.05, 3.63) is 30.1 Å². The Morgan fingerprint density at radius 1 is 1.32 bits per heavy atom. The third kappa shape index (κ3) is 5.16. The lowest BCUT2D eigenvalue weighted by molar-refractivity contribution is -0.122. The molecule has 1 atom stereocenters. The molecule has 0 aliphatic carbocycles. The van der Waals surface area contributed by atoms with Gasteiger partial charge in [-0.15, -0.1) is 24.8 Å². The second kappa shape index (κ2) is 9.66. The Balaban J connectivity index is 0.00000220. The first kappa shape index (κ1) is 20.7. The number of rotatable bonds is 6. The predicted octanol–water partition coefficient (Wildman–Crippen LogP) is 2.96. The number of para-hydroxylation sites is 2. The average Bonchev–Trinajstić information content (AvgIpc) is 2.85. The lowest BCUT2D eigenvalue weighted by Crippen LogP contribution is -2.32. The van der Waals surface area contributed by atoms with Crippen LogP contribution in [-0.4, -0.2) is 22.4 Å². The van der Waals surface area contributed by atoms with Crippen molar-refractivity contribution in [1.82, 2.24) is 15.3 Å². The molecule has 0 aliphatic rings. The van der Waals surface area contributed by atoms with Gasteiger partial charge < -0.3 is 16.0 Å². The molecule has 0 saturated heterocycles. The number of nitrogens with two attached hydrogens (primary N) is 1. The molecule has 1 amide bonds. The van der Waals surface area contributed by atoms with Crippen LogP contribution in [0.15, 0.2) is 24.3 Å². The molecular weight excluding hydrogens is 323 g/mol. The van der Waals surface area contributed by atoms with Crippen LogP contribution in [0.4, 0.5) is 0 Å². The normalized spacial score (nSPS) is 11.6. The SMILES string of the molecule is CC(C)C(NC(=O)CCCN)c1nc2ccccc2[nH]1.Cl.Cl. The largest absolute Gasteiger partial charge is 0.346 e. The molecule has 22 heavy (non-hydrogen) atoms. The molecule has 0 bridgehead atoms. The number of H-pyrrole nitrogens is 1. The minimum Gasteiger partial charge on any atom is -0.346 e. The zero-order valence-electron chi connectivity index (χ0n) is 12.8. The smallest absolute Gasteiger partial charge is 0.220 e. The Bertz CT molecular complexity index is 553. The Hall–Kier alpha value is -1.30. The molecule has 0 aliphatic heterocycles. The van der Waals surface area contributed by atoms with E-state index in [1.165, 1.54) is 0 Å². The molecule has 4 N–H and O–H groups in total. The predicted molar refractivity (Wildman–Crippen MR) is 94.6 cm³/mol. The summed E-state index contributed by atoms with van der Waals surface area (Å²) in [4.78, 5) is 19.8. The summed E-state index contributed by atoms with van der Waals surface area (Å²) in [6, 6.07) is 7.77. The van der Waals surface area contributed by atoms with E-state index in [1.54, 1.807) is 0 Å². The summed E-state index contributed by atoms with van der Waals surface area (Å²) in [5, 5.41) is 3.04. The molecule has 2 rings (SSSR count). The van der Waals surface area contributed by atoms with Crippen molar-refractivity contribution in [3.8, 4) is 0 Å². The Morgan fingerprint density at radius 2 is 2.00 bits per heavy atom. The highest BCUT2D eigenvalue weighted by Gasteiger charge is 2.21. The maximum Gasteiger partial charge on any atom is 0.220 e. The van der Waals surface area contributed by atoms with Gasteiger partial charge in [0.05, 0.1) is 17.1 Å². The van der Waals surface area contributed by atoms with Gasteiger partial charge in [-0.05, 0) is 31.0 Å². The van der Waals surface area contributed by atoms with Gasteiger partial charge in [-0.2, -0.15) is 0 Å². The number of carbonyl (C=O) groups is 1. The van der Waals surface area contributed by atoms with E-state index in [-0.39, 0.29) is 42.7 Å². The van der Waals surface area contributed by atoms with E-state index in [4.69, 9.17) is 5.73 Å². The molecule has 0 saturated carbocycles. The standard InChI is InChI=1S/C15H22N4O.2ClH/c1-10(2)14(19-13(20)8-5-9-16)15-17-11-6-3-4-7-12(11)18-15;;/h3-4,6-7,10,14H,5,8-9,16H2,1-2H3,(H,17,18)(H,19,20);2*1H. The van der Waals surface area contributed by atoms with Gasteiger partial charge in [-0.3, -0.25) is 4.79 Å². The van der Waals surface area contributed by atoms with Crippen LogP contribution in [0.5, 0.6) is 0 Å². The molecule has 0 spiro atoms.